The van der Waals surface area contributed by atoms with Crippen LogP contribution in [-0.4, -0.2) is 11.8 Å². The van der Waals surface area contributed by atoms with Crippen molar-refractivity contribution in [3.05, 3.63) is 59.7 Å². The van der Waals surface area contributed by atoms with Gasteiger partial charge in [-0.3, -0.25) is 9.59 Å². The number of amides is 2. The minimum atomic E-state index is -0.203. The molecule has 2 N–H and O–H groups in total. The molecule has 0 spiro atoms. The summed E-state index contributed by atoms with van der Waals surface area (Å²) in [5, 5.41) is 5.64. The van der Waals surface area contributed by atoms with E-state index in [1.807, 2.05) is 45.0 Å². The van der Waals surface area contributed by atoms with Gasteiger partial charge in [0.1, 0.15) is 0 Å². The lowest BCUT2D eigenvalue weighted by Gasteiger charge is -2.10. The number of hydrogen-bond donors (Lipinski definition) is 2. The second-order valence-corrected chi connectivity index (χ2v) is 5.55. The molecule has 0 saturated carbocycles. The Hall–Kier alpha value is -2.62. The molecule has 0 aromatic heterocycles. The Morgan fingerprint density at radius 3 is 2.18 bits per heavy atom. The average molecular weight is 296 g/mol. The number of anilines is 2. The summed E-state index contributed by atoms with van der Waals surface area (Å²) in [6, 6.07) is 14.5. The molecule has 0 fully saturated rings. The van der Waals surface area contributed by atoms with Gasteiger partial charge in [0.15, 0.2) is 0 Å². The Morgan fingerprint density at radius 2 is 1.55 bits per heavy atom. The molecule has 0 unspecified atom stereocenters. The van der Waals surface area contributed by atoms with Crippen LogP contribution in [0, 0.1) is 12.8 Å². The normalized spacial score (nSPS) is 10.4. The molecule has 22 heavy (non-hydrogen) atoms. The topological polar surface area (TPSA) is 58.2 Å². The van der Waals surface area contributed by atoms with Gasteiger partial charge in [-0.2, -0.15) is 0 Å². The third-order valence-corrected chi connectivity index (χ3v) is 3.19. The maximum atomic E-state index is 12.3. The van der Waals surface area contributed by atoms with E-state index in [-0.39, 0.29) is 17.7 Å². The van der Waals surface area contributed by atoms with Gasteiger partial charge in [-0.25, -0.2) is 0 Å². The largest absolute Gasteiger partial charge is 0.326 e. The van der Waals surface area contributed by atoms with E-state index in [2.05, 4.69) is 10.6 Å². The van der Waals surface area contributed by atoms with E-state index < -0.39 is 0 Å². The molecule has 0 aliphatic heterocycles. The molecule has 2 amide bonds. The summed E-state index contributed by atoms with van der Waals surface area (Å²) in [4.78, 5) is 24.0. The molecule has 0 saturated heterocycles. The van der Waals surface area contributed by atoms with E-state index in [1.165, 1.54) is 0 Å². The van der Waals surface area contributed by atoms with Crippen LogP contribution in [0.25, 0.3) is 0 Å². The molecule has 2 aromatic carbocycles. The van der Waals surface area contributed by atoms with Gasteiger partial charge in [0, 0.05) is 22.9 Å². The second kappa shape index (κ2) is 6.89. The SMILES string of the molecule is Cc1cccc(NC(=O)c2cccc(NC(=O)C(C)C)c2)c1. The van der Waals surface area contributed by atoms with Gasteiger partial charge in [-0.15, -0.1) is 0 Å². The standard InChI is InChI=1S/C18H20N2O2/c1-12(2)17(21)19-16-9-5-7-14(11-16)18(22)20-15-8-4-6-13(3)10-15/h4-12H,1-3H3,(H,19,21)(H,20,22). The van der Waals surface area contributed by atoms with Crippen LogP contribution < -0.4 is 10.6 Å². The summed E-state index contributed by atoms with van der Waals surface area (Å²) in [5.41, 5.74) is 2.95. The maximum Gasteiger partial charge on any atom is 0.255 e. The van der Waals surface area contributed by atoms with E-state index >= 15 is 0 Å². The van der Waals surface area contributed by atoms with Crippen LogP contribution in [0.2, 0.25) is 0 Å². The van der Waals surface area contributed by atoms with Crippen molar-refractivity contribution in [1.29, 1.82) is 0 Å². The Balaban J connectivity index is 2.11. The highest BCUT2D eigenvalue weighted by atomic mass is 16.2. The minimum absolute atomic E-state index is 0.0729. The van der Waals surface area contributed by atoms with E-state index in [9.17, 15) is 9.59 Å². The predicted octanol–water partition coefficient (Wildman–Crippen LogP) is 3.84. The first-order valence-electron chi connectivity index (χ1n) is 7.24. The molecular formula is C18H20N2O2. The van der Waals surface area contributed by atoms with Gasteiger partial charge >= 0.3 is 0 Å². The highest BCUT2D eigenvalue weighted by Gasteiger charge is 2.10. The summed E-state index contributed by atoms with van der Waals surface area (Å²) < 4.78 is 0. The fourth-order valence-electron chi connectivity index (χ4n) is 1.95. The number of carbonyl (C=O) groups excluding carboxylic acids is 2. The Labute approximate surface area is 130 Å². The molecule has 2 aromatic rings. The zero-order valence-corrected chi connectivity index (χ0v) is 13.0. The molecule has 2 rings (SSSR count). The second-order valence-electron chi connectivity index (χ2n) is 5.55. The third kappa shape index (κ3) is 4.19. The lowest BCUT2D eigenvalue weighted by molar-refractivity contribution is -0.118. The van der Waals surface area contributed by atoms with Crippen molar-refractivity contribution in [3.8, 4) is 0 Å². The summed E-state index contributed by atoms with van der Waals surface area (Å²) in [7, 11) is 0. The summed E-state index contributed by atoms with van der Waals surface area (Å²) in [6.07, 6.45) is 0. The zero-order chi connectivity index (χ0) is 16.1. The lowest BCUT2D eigenvalue weighted by atomic mass is 10.1. The van der Waals surface area contributed by atoms with E-state index in [1.54, 1.807) is 24.3 Å². The minimum Gasteiger partial charge on any atom is -0.326 e. The van der Waals surface area contributed by atoms with Crippen molar-refractivity contribution >= 4 is 23.2 Å². The third-order valence-electron chi connectivity index (χ3n) is 3.19. The van der Waals surface area contributed by atoms with E-state index in [4.69, 9.17) is 0 Å². The number of hydrogen-bond acceptors (Lipinski definition) is 2. The van der Waals surface area contributed by atoms with Gasteiger partial charge in [-0.05, 0) is 42.8 Å². The molecule has 114 valence electrons. The van der Waals surface area contributed by atoms with Crippen molar-refractivity contribution in [3.63, 3.8) is 0 Å². The van der Waals surface area contributed by atoms with E-state index in [0.29, 0.717) is 11.3 Å². The molecule has 0 aliphatic rings. The van der Waals surface area contributed by atoms with Gasteiger partial charge in [-0.1, -0.05) is 32.0 Å². The smallest absolute Gasteiger partial charge is 0.255 e. The van der Waals surface area contributed by atoms with Crippen molar-refractivity contribution in [1.82, 2.24) is 0 Å². The van der Waals surface area contributed by atoms with Crippen molar-refractivity contribution in [2.24, 2.45) is 5.92 Å². The molecule has 0 aliphatic carbocycles. The number of nitrogens with one attached hydrogen (secondary N) is 2. The number of carbonyl (C=O) groups is 2. The van der Waals surface area contributed by atoms with Gasteiger partial charge in [0.25, 0.3) is 5.91 Å². The van der Waals surface area contributed by atoms with Crippen LogP contribution in [0.5, 0.6) is 0 Å². The summed E-state index contributed by atoms with van der Waals surface area (Å²) >= 11 is 0. The Bertz CT molecular complexity index is 693. The van der Waals surface area contributed by atoms with Crippen LogP contribution >= 0.6 is 0 Å². The van der Waals surface area contributed by atoms with Gasteiger partial charge in [0.2, 0.25) is 5.91 Å². The van der Waals surface area contributed by atoms with Crippen LogP contribution in [0.1, 0.15) is 29.8 Å². The molecular weight excluding hydrogens is 276 g/mol. The Kier molecular flexibility index (Phi) is 4.94. The maximum absolute atomic E-state index is 12.3. The van der Waals surface area contributed by atoms with Crippen molar-refractivity contribution in [2.75, 3.05) is 10.6 Å². The van der Waals surface area contributed by atoms with Crippen molar-refractivity contribution in [2.45, 2.75) is 20.8 Å². The first-order valence-corrected chi connectivity index (χ1v) is 7.24. The predicted molar refractivity (Wildman–Crippen MR) is 89.0 cm³/mol. The zero-order valence-electron chi connectivity index (χ0n) is 13.0. The quantitative estimate of drug-likeness (QED) is 0.900. The van der Waals surface area contributed by atoms with E-state index in [0.717, 1.165) is 11.3 Å². The van der Waals surface area contributed by atoms with Crippen molar-refractivity contribution < 1.29 is 9.59 Å². The molecule has 4 nitrogen and oxygen atoms in total. The Morgan fingerprint density at radius 1 is 0.909 bits per heavy atom. The highest BCUT2D eigenvalue weighted by Crippen LogP contribution is 2.15. The van der Waals surface area contributed by atoms with Crippen LogP contribution in [0.3, 0.4) is 0 Å². The number of benzene rings is 2. The summed E-state index contributed by atoms with van der Waals surface area (Å²) in [6.45, 7) is 5.62. The van der Waals surface area contributed by atoms with Gasteiger partial charge in [0.05, 0.1) is 0 Å². The fourth-order valence-corrected chi connectivity index (χ4v) is 1.95. The first-order chi connectivity index (χ1) is 10.5. The molecule has 0 atom stereocenters. The van der Waals surface area contributed by atoms with Crippen LogP contribution in [0.15, 0.2) is 48.5 Å². The highest BCUT2D eigenvalue weighted by molar-refractivity contribution is 6.05. The summed E-state index contributed by atoms with van der Waals surface area (Å²) in [5.74, 6) is -0.382. The molecule has 0 radical (unpaired) electrons. The van der Waals surface area contributed by atoms with Crippen LogP contribution in [-0.2, 0) is 4.79 Å². The average Bonchev–Trinajstić information content (AvgIpc) is 2.47. The van der Waals surface area contributed by atoms with Crippen LogP contribution in [0.4, 0.5) is 11.4 Å². The lowest BCUT2D eigenvalue weighted by Crippen LogP contribution is -2.18. The monoisotopic (exact) mass is 296 g/mol. The molecule has 0 heterocycles. The molecule has 4 heteroatoms. The van der Waals surface area contributed by atoms with Gasteiger partial charge < -0.3 is 10.6 Å². The first kappa shape index (κ1) is 15.8. The number of aryl methyl sites for hydroxylation is 1. The fraction of sp³-hybridized carbons (Fsp3) is 0.222. The number of rotatable bonds is 4. The molecule has 0 bridgehead atoms.